The number of ether oxygens (including phenoxy) is 1. The molecule has 1 amide bonds. The number of hydrogen-bond donors (Lipinski definition) is 1. The Bertz CT molecular complexity index is 789. The molecule has 150 valence electrons. The number of carbonyl (C=O) groups excluding carboxylic acids is 1. The number of rotatable bonds is 7. The van der Waals surface area contributed by atoms with Crippen LogP contribution in [0.4, 0.5) is 0 Å². The van der Waals surface area contributed by atoms with Gasteiger partial charge in [0, 0.05) is 19.0 Å². The second kappa shape index (κ2) is 9.74. The van der Waals surface area contributed by atoms with Crippen LogP contribution in [-0.4, -0.2) is 35.7 Å². The molecule has 2 aromatic carbocycles. The van der Waals surface area contributed by atoms with Crippen molar-refractivity contribution in [3.63, 3.8) is 0 Å². The Labute approximate surface area is 168 Å². The van der Waals surface area contributed by atoms with Crippen LogP contribution >= 0.6 is 0 Å². The summed E-state index contributed by atoms with van der Waals surface area (Å²) in [6, 6.07) is 16.3. The molecule has 4 nitrogen and oxygen atoms in total. The summed E-state index contributed by atoms with van der Waals surface area (Å²) in [7, 11) is 1.67. The smallest absolute Gasteiger partial charge is 0.226 e. The molecule has 4 heteroatoms. The molecule has 1 aliphatic carbocycles. The Balaban J connectivity index is 1.73. The van der Waals surface area contributed by atoms with Crippen molar-refractivity contribution in [1.29, 1.82) is 0 Å². The van der Waals surface area contributed by atoms with Crippen LogP contribution in [-0.2, 0) is 17.8 Å². The van der Waals surface area contributed by atoms with E-state index >= 15 is 0 Å². The molecule has 1 N–H and O–H groups in total. The van der Waals surface area contributed by atoms with Crippen LogP contribution in [0, 0.1) is 12.8 Å². The van der Waals surface area contributed by atoms with E-state index < -0.39 is 0 Å². The first-order valence-corrected chi connectivity index (χ1v) is 10.2. The first kappa shape index (κ1) is 20.4. The van der Waals surface area contributed by atoms with E-state index in [-0.39, 0.29) is 17.9 Å². The lowest BCUT2D eigenvalue weighted by molar-refractivity contribution is -0.138. The topological polar surface area (TPSA) is 49.8 Å². The van der Waals surface area contributed by atoms with Crippen molar-refractivity contribution < 1.29 is 14.6 Å². The Morgan fingerprint density at radius 2 is 1.93 bits per heavy atom. The van der Waals surface area contributed by atoms with Crippen LogP contribution < -0.4 is 4.74 Å². The third-order valence-corrected chi connectivity index (χ3v) is 5.57. The fourth-order valence-corrected chi connectivity index (χ4v) is 4.04. The average molecular weight is 382 g/mol. The number of carbonyl (C=O) groups is 1. The van der Waals surface area contributed by atoms with E-state index in [0.29, 0.717) is 19.5 Å². The Morgan fingerprint density at radius 1 is 1.14 bits per heavy atom. The number of benzene rings is 2. The van der Waals surface area contributed by atoms with Crippen LogP contribution in [0.2, 0.25) is 0 Å². The van der Waals surface area contributed by atoms with Gasteiger partial charge in [-0.3, -0.25) is 4.79 Å². The molecule has 3 rings (SSSR count). The summed E-state index contributed by atoms with van der Waals surface area (Å²) in [4.78, 5) is 15.2. The molecule has 1 saturated carbocycles. The highest BCUT2D eigenvalue weighted by atomic mass is 16.5. The molecule has 2 aromatic rings. The number of aryl methyl sites for hydroxylation is 1. The minimum atomic E-state index is -0.345. The zero-order chi connectivity index (χ0) is 19.9. The van der Waals surface area contributed by atoms with Crippen LogP contribution in [0.25, 0.3) is 0 Å². The van der Waals surface area contributed by atoms with Gasteiger partial charge < -0.3 is 14.7 Å². The Hall–Kier alpha value is -2.33. The van der Waals surface area contributed by atoms with E-state index in [4.69, 9.17) is 4.74 Å². The number of amides is 1. The molecule has 2 atom stereocenters. The Kier molecular flexibility index (Phi) is 7.10. The second-order valence-electron chi connectivity index (χ2n) is 7.87. The number of hydrogen-bond acceptors (Lipinski definition) is 3. The molecule has 0 aliphatic heterocycles. The van der Waals surface area contributed by atoms with E-state index in [9.17, 15) is 9.90 Å². The van der Waals surface area contributed by atoms with Crippen molar-refractivity contribution in [2.24, 2.45) is 5.92 Å². The molecule has 1 fully saturated rings. The zero-order valence-corrected chi connectivity index (χ0v) is 16.9. The molecule has 1 aliphatic rings. The number of methoxy groups -OCH3 is 1. The van der Waals surface area contributed by atoms with Gasteiger partial charge in [0.2, 0.25) is 5.91 Å². The third kappa shape index (κ3) is 5.59. The van der Waals surface area contributed by atoms with Crippen LogP contribution in [0.1, 0.15) is 42.4 Å². The average Bonchev–Trinajstić information content (AvgIpc) is 2.71. The summed E-state index contributed by atoms with van der Waals surface area (Å²) in [6.07, 6.45) is 3.63. The minimum Gasteiger partial charge on any atom is -0.497 e. The maximum absolute atomic E-state index is 13.3. The van der Waals surface area contributed by atoms with Crippen molar-refractivity contribution in [3.8, 4) is 5.75 Å². The van der Waals surface area contributed by atoms with Gasteiger partial charge >= 0.3 is 0 Å². The van der Waals surface area contributed by atoms with Crippen molar-refractivity contribution in [3.05, 3.63) is 65.2 Å². The summed E-state index contributed by atoms with van der Waals surface area (Å²) >= 11 is 0. The summed E-state index contributed by atoms with van der Waals surface area (Å²) < 4.78 is 5.32. The van der Waals surface area contributed by atoms with Gasteiger partial charge in [0.15, 0.2) is 0 Å². The monoisotopic (exact) mass is 381 g/mol. The molecule has 0 spiro atoms. The highest BCUT2D eigenvalue weighted by Crippen LogP contribution is 2.27. The molecular formula is C24H31NO3. The summed E-state index contributed by atoms with van der Waals surface area (Å²) in [5.74, 6) is 0.937. The first-order valence-electron chi connectivity index (χ1n) is 10.2. The highest BCUT2D eigenvalue weighted by molar-refractivity contribution is 5.79. The first-order chi connectivity index (χ1) is 13.5. The van der Waals surface area contributed by atoms with Gasteiger partial charge in [-0.25, -0.2) is 0 Å². The molecule has 28 heavy (non-hydrogen) atoms. The normalized spacial score (nSPS) is 19.2. The van der Waals surface area contributed by atoms with Gasteiger partial charge in [-0.2, -0.15) is 0 Å². The quantitative estimate of drug-likeness (QED) is 0.785. The van der Waals surface area contributed by atoms with Crippen LogP contribution in [0.3, 0.4) is 0 Å². The number of aliphatic hydroxyl groups excluding tert-OH is 1. The summed E-state index contributed by atoms with van der Waals surface area (Å²) in [5, 5.41) is 10.0. The maximum Gasteiger partial charge on any atom is 0.226 e. The van der Waals surface area contributed by atoms with E-state index in [0.717, 1.165) is 42.6 Å². The van der Waals surface area contributed by atoms with E-state index in [1.165, 1.54) is 5.56 Å². The zero-order valence-electron chi connectivity index (χ0n) is 16.9. The molecule has 0 aromatic heterocycles. The van der Waals surface area contributed by atoms with E-state index in [1.807, 2.05) is 29.2 Å². The molecule has 0 saturated heterocycles. The highest BCUT2D eigenvalue weighted by Gasteiger charge is 2.29. The lowest BCUT2D eigenvalue weighted by atomic mass is 9.86. The van der Waals surface area contributed by atoms with Crippen molar-refractivity contribution in [2.45, 2.75) is 51.7 Å². The van der Waals surface area contributed by atoms with Gasteiger partial charge in [-0.05, 0) is 55.9 Å². The van der Waals surface area contributed by atoms with Crippen molar-refractivity contribution in [1.82, 2.24) is 4.90 Å². The second-order valence-corrected chi connectivity index (χ2v) is 7.87. The Morgan fingerprint density at radius 3 is 2.68 bits per heavy atom. The predicted molar refractivity (Wildman–Crippen MR) is 111 cm³/mol. The standard InChI is InChI=1S/C24H31NO3/c1-18-6-3-8-20(14-18)17-25(24(27)21-9-5-10-22(26)16-21)13-12-19-7-4-11-23(15-19)28-2/h3-4,6-8,11,14-15,21-22,26H,5,9-10,12-13,16-17H2,1-2H3/t21-,22-/m0/s1. The molecule has 0 unspecified atom stereocenters. The van der Waals surface area contributed by atoms with Crippen LogP contribution in [0.15, 0.2) is 48.5 Å². The predicted octanol–water partition coefficient (Wildman–Crippen LogP) is 4.13. The summed E-state index contributed by atoms with van der Waals surface area (Å²) in [5.41, 5.74) is 3.51. The van der Waals surface area contributed by atoms with Gasteiger partial charge in [-0.15, -0.1) is 0 Å². The fourth-order valence-electron chi connectivity index (χ4n) is 4.04. The largest absolute Gasteiger partial charge is 0.497 e. The van der Waals surface area contributed by atoms with Crippen molar-refractivity contribution in [2.75, 3.05) is 13.7 Å². The minimum absolute atomic E-state index is 0.0705. The van der Waals surface area contributed by atoms with Gasteiger partial charge in [0.05, 0.1) is 13.2 Å². The SMILES string of the molecule is COc1cccc(CCN(Cc2cccc(C)c2)C(=O)[C@H]2CCC[C@H](O)C2)c1. The van der Waals surface area contributed by atoms with Crippen LogP contribution in [0.5, 0.6) is 5.75 Å². The van der Waals surface area contributed by atoms with Gasteiger partial charge in [-0.1, -0.05) is 48.4 Å². The molecular weight excluding hydrogens is 350 g/mol. The van der Waals surface area contributed by atoms with E-state index in [1.54, 1.807) is 7.11 Å². The molecule has 0 heterocycles. The van der Waals surface area contributed by atoms with Crippen molar-refractivity contribution >= 4 is 5.91 Å². The number of nitrogens with zero attached hydrogens (tertiary/aromatic N) is 1. The van der Waals surface area contributed by atoms with Gasteiger partial charge in [0.1, 0.15) is 5.75 Å². The van der Waals surface area contributed by atoms with E-state index in [2.05, 4.69) is 31.2 Å². The number of aliphatic hydroxyl groups is 1. The maximum atomic E-state index is 13.3. The lowest BCUT2D eigenvalue weighted by Gasteiger charge is -2.31. The molecule has 0 bridgehead atoms. The van der Waals surface area contributed by atoms with Gasteiger partial charge in [0.25, 0.3) is 0 Å². The third-order valence-electron chi connectivity index (χ3n) is 5.57. The molecule has 0 radical (unpaired) electrons. The fraction of sp³-hybridized carbons (Fsp3) is 0.458. The summed E-state index contributed by atoms with van der Waals surface area (Å²) in [6.45, 7) is 3.34. The lowest BCUT2D eigenvalue weighted by Crippen LogP contribution is -2.39.